The molecule has 0 amide bonds. The van der Waals surface area contributed by atoms with Gasteiger partial charge < -0.3 is 9.84 Å². The summed E-state index contributed by atoms with van der Waals surface area (Å²) in [5.74, 6) is 0.620. The van der Waals surface area contributed by atoms with Crippen molar-refractivity contribution in [1.82, 2.24) is 10.5 Å². The van der Waals surface area contributed by atoms with Crippen LogP contribution >= 0.6 is 12.4 Å². The zero-order valence-corrected chi connectivity index (χ0v) is 7.64. The van der Waals surface area contributed by atoms with Gasteiger partial charge >= 0.3 is 0 Å². The monoisotopic (exact) mass is 188 g/mol. The largest absolute Gasteiger partial charge is 0.365 e. The van der Waals surface area contributed by atoms with E-state index in [0.717, 1.165) is 18.8 Å². The summed E-state index contributed by atoms with van der Waals surface area (Å²) in [4.78, 5) is 0. The van der Waals surface area contributed by atoms with Gasteiger partial charge in [0.15, 0.2) is 0 Å². The molecule has 1 saturated heterocycles. The van der Waals surface area contributed by atoms with Gasteiger partial charge in [0.1, 0.15) is 6.26 Å². The van der Waals surface area contributed by atoms with Crippen LogP contribution < -0.4 is 5.32 Å². The van der Waals surface area contributed by atoms with Crippen molar-refractivity contribution >= 4 is 12.4 Å². The molecule has 0 atom stereocenters. The Labute approximate surface area is 77.9 Å². The van der Waals surface area contributed by atoms with Crippen molar-refractivity contribution in [2.24, 2.45) is 0 Å². The van der Waals surface area contributed by atoms with Crippen LogP contribution in [0.3, 0.4) is 0 Å². The highest BCUT2D eigenvalue weighted by atomic mass is 35.5. The van der Waals surface area contributed by atoms with E-state index in [9.17, 15) is 0 Å². The number of piperidine rings is 1. The van der Waals surface area contributed by atoms with Gasteiger partial charge in [-0.1, -0.05) is 5.16 Å². The van der Waals surface area contributed by atoms with Gasteiger partial charge in [-0.05, 0) is 25.9 Å². The van der Waals surface area contributed by atoms with Crippen LogP contribution in [0.15, 0.2) is 16.9 Å². The molecule has 0 aromatic carbocycles. The number of aromatic nitrogens is 1. The molecular formula is C8H13ClN2O. The van der Waals surface area contributed by atoms with Crippen molar-refractivity contribution in [2.45, 2.75) is 18.8 Å². The summed E-state index contributed by atoms with van der Waals surface area (Å²) >= 11 is 0. The third kappa shape index (κ3) is 1.99. The van der Waals surface area contributed by atoms with Gasteiger partial charge in [0.25, 0.3) is 0 Å². The van der Waals surface area contributed by atoms with Crippen molar-refractivity contribution in [1.29, 1.82) is 0 Å². The molecule has 1 fully saturated rings. The van der Waals surface area contributed by atoms with E-state index in [4.69, 9.17) is 4.52 Å². The highest BCUT2D eigenvalue weighted by Gasteiger charge is 2.16. The van der Waals surface area contributed by atoms with E-state index in [0.29, 0.717) is 5.92 Å². The van der Waals surface area contributed by atoms with Crippen molar-refractivity contribution in [3.63, 3.8) is 0 Å². The zero-order chi connectivity index (χ0) is 7.52. The molecule has 1 aromatic rings. The summed E-state index contributed by atoms with van der Waals surface area (Å²) in [6.45, 7) is 2.22. The molecule has 0 spiro atoms. The standard InChI is InChI=1S/C8H12N2O.ClH/c1-4-9-5-2-7(1)8-3-6-11-10-8;/h3,6-7,9H,1-2,4-5H2;1H. The number of halogens is 1. The van der Waals surface area contributed by atoms with E-state index in [1.807, 2.05) is 6.07 Å². The third-order valence-corrected chi connectivity index (χ3v) is 2.22. The average molecular weight is 189 g/mol. The number of rotatable bonds is 1. The number of nitrogens with zero attached hydrogens (tertiary/aromatic N) is 1. The Morgan fingerprint density at radius 1 is 1.42 bits per heavy atom. The first-order chi connectivity index (χ1) is 5.47. The number of hydrogen-bond donors (Lipinski definition) is 1. The van der Waals surface area contributed by atoms with Gasteiger partial charge in [-0.25, -0.2) is 0 Å². The van der Waals surface area contributed by atoms with Gasteiger partial charge in [-0.15, -0.1) is 12.4 Å². The highest BCUT2D eigenvalue weighted by molar-refractivity contribution is 5.85. The normalized spacial score (nSPS) is 18.7. The summed E-state index contributed by atoms with van der Waals surface area (Å²) < 4.78 is 4.80. The molecular weight excluding hydrogens is 176 g/mol. The molecule has 1 aliphatic rings. The van der Waals surface area contributed by atoms with Crippen molar-refractivity contribution in [2.75, 3.05) is 13.1 Å². The SMILES string of the molecule is Cl.c1cc(C2CCNCC2)no1. The molecule has 0 saturated carbocycles. The summed E-state index contributed by atoms with van der Waals surface area (Å²) in [6, 6.07) is 1.97. The molecule has 2 heterocycles. The first-order valence-electron chi connectivity index (χ1n) is 4.08. The maximum absolute atomic E-state index is 4.80. The lowest BCUT2D eigenvalue weighted by Gasteiger charge is -2.19. The summed E-state index contributed by atoms with van der Waals surface area (Å²) in [7, 11) is 0. The van der Waals surface area contributed by atoms with Gasteiger partial charge in [0.05, 0.1) is 5.69 Å². The average Bonchev–Trinajstić information content (AvgIpc) is 2.58. The molecule has 0 radical (unpaired) electrons. The second-order valence-corrected chi connectivity index (χ2v) is 2.95. The maximum Gasteiger partial charge on any atom is 0.124 e. The smallest absolute Gasteiger partial charge is 0.124 e. The van der Waals surface area contributed by atoms with Gasteiger partial charge in [-0.3, -0.25) is 0 Å². The molecule has 3 nitrogen and oxygen atoms in total. The van der Waals surface area contributed by atoms with Crippen LogP contribution in [0.25, 0.3) is 0 Å². The van der Waals surface area contributed by atoms with Crippen LogP contribution in [-0.2, 0) is 0 Å². The Morgan fingerprint density at radius 3 is 2.75 bits per heavy atom. The fourth-order valence-corrected chi connectivity index (χ4v) is 1.55. The van der Waals surface area contributed by atoms with Gasteiger partial charge in [0, 0.05) is 12.0 Å². The van der Waals surface area contributed by atoms with Crippen LogP contribution in [0.5, 0.6) is 0 Å². The van der Waals surface area contributed by atoms with Crippen molar-refractivity contribution in [3.8, 4) is 0 Å². The minimum Gasteiger partial charge on any atom is -0.365 e. The minimum absolute atomic E-state index is 0. The van der Waals surface area contributed by atoms with E-state index in [1.165, 1.54) is 12.8 Å². The lowest BCUT2D eigenvalue weighted by molar-refractivity contribution is 0.385. The highest BCUT2D eigenvalue weighted by Crippen LogP contribution is 2.22. The first kappa shape index (κ1) is 9.55. The predicted molar refractivity (Wildman–Crippen MR) is 48.6 cm³/mol. The summed E-state index contributed by atoms with van der Waals surface area (Å²) in [6.07, 6.45) is 4.02. The van der Waals surface area contributed by atoms with Gasteiger partial charge in [-0.2, -0.15) is 0 Å². The van der Waals surface area contributed by atoms with Crippen LogP contribution in [0.2, 0.25) is 0 Å². The molecule has 1 aromatic heterocycles. The van der Waals surface area contributed by atoms with Crippen LogP contribution in [0.1, 0.15) is 24.5 Å². The predicted octanol–water partition coefficient (Wildman–Crippen LogP) is 1.56. The molecule has 2 rings (SSSR count). The Hall–Kier alpha value is -0.540. The van der Waals surface area contributed by atoms with E-state index in [-0.39, 0.29) is 12.4 Å². The fourth-order valence-electron chi connectivity index (χ4n) is 1.55. The molecule has 1 aliphatic heterocycles. The van der Waals surface area contributed by atoms with E-state index >= 15 is 0 Å². The summed E-state index contributed by atoms with van der Waals surface area (Å²) in [5, 5.41) is 7.26. The minimum atomic E-state index is 0. The van der Waals surface area contributed by atoms with Crippen LogP contribution in [-0.4, -0.2) is 18.2 Å². The van der Waals surface area contributed by atoms with E-state index in [2.05, 4.69) is 10.5 Å². The van der Waals surface area contributed by atoms with E-state index < -0.39 is 0 Å². The lowest BCUT2D eigenvalue weighted by Crippen LogP contribution is -2.26. The second kappa shape index (κ2) is 4.48. The Kier molecular flexibility index (Phi) is 3.56. The van der Waals surface area contributed by atoms with Crippen molar-refractivity contribution < 1.29 is 4.52 Å². The maximum atomic E-state index is 4.80. The number of hydrogen-bond acceptors (Lipinski definition) is 3. The zero-order valence-electron chi connectivity index (χ0n) is 6.82. The molecule has 0 bridgehead atoms. The molecule has 0 unspecified atom stereocenters. The Bertz CT molecular complexity index is 207. The second-order valence-electron chi connectivity index (χ2n) is 2.95. The topological polar surface area (TPSA) is 38.1 Å². The van der Waals surface area contributed by atoms with Crippen LogP contribution in [0, 0.1) is 0 Å². The Balaban J connectivity index is 0.000000720. The van der Waals surface area contributed by atoms with Crippen LogP contribution in [0.4, 0.5) is 0 Å². The first-order valence-corrected chi connectivity index (χ1v) is 4.08. The summed E-state index contributed by atoms with van der Waals surface area (Å²) in [5.41, 5.74) is 1.12. The molecule has 68 valence electrons. The third-order valence-electron chi connectivity index (χ3n) is 2.22. The fraction of sp³-hybridized carbons (Fsp3) is 0.625. The molecule has 1 N–H and O–H groups in total. The number of nitrogens with one attached hydrogen (secondary N) is 1. The quantitative estimate of drug-likeness (QED) is 0.727. The molecule has 0 aliphatic carbocycles. The van der Waals surface area contributed by atoms with Crippen molar-refractivity contribution in [3.05, 3.63) is 18.0 Å². The molecule has 12 heavy (non-hydrogen) atoms. The van der Waals surface area contributed by atoms with Gasteiger partial charge in [0.2, 0.25) is 0 Å². The molecule has 4 heteroatoms. The van der Waals surface area contributed by atoms with E-state index in [1.54, 1.807) is 6.26 Å². The lowest BCUT2D eigenvalue weighted by atomic mass is 9.95. The Morgan fingerprint density at radius 2 is 2.17 bits per heavy atom.